The summed E-state index contributed by atoms with van der Waals surface area (Å²) in [4.78, 5) is 64.5. The lowest BCUT2D eigenvalue weighted by atomic mass is 9.83. The Bertz CT molecular complexity index is 1410. The number of fused-ring (bicyclic) bond motifs is 2. The summed E-state index contributed by atoms with van der Waals surface area (Å²) in [6.45, 7) is 1.68. The van der Waals surface area contributed by atoms with Gasteiger partial charge in [-0.05, 0) is 24.6 Å². The van der Waals surface area contributed by atoms with Crippen LogP contribution in [0.4, 0.5) is 10.5 Å². The molecule has 1 saturated heterocycles. The van der Waals surface area contributed by atoms with Crippen molar-refractivity contribution in [2.75, 3.05) is 5.32 Å². The lowest BCUT2D eigenvalue weighted by Crippen LogP contribution is -2.41. The average molecular weight is 509 g/mol. The van der Waals surface area contributed by atoms with Crippen molar-refractivity contribution in [3.05, 3.63) is 80.3 Å². The molecule has 2 aliphatic rings. The van der Waals surface area contributed by atoms with Crippen molar-refractivity contribution in [3.8, 4) is 0 Å². The van der Waals surface area contributed by atoms with Crippen LogP contribution in [0.15, 0.2) is 64.4 Å². The number of nitrogens with zero attached hydrogens (tertiary/aromatic N) is 2. The number of imide groups is 3. The fourth-order valence-corrected chi connectivity index (χ4v) is 7.25. The summed E-state index contributed by atoms with van der Waals surface area (Å²) in [7, 11) is 0. The van der Waals surface area contributed by atoms with E-state index in [2.05, 4.69) is 5.32 Å². The maximum absolute atomic E-state index is 13.1. The van der Waals surface area contributed by atoms with Crippen LogP contribution in [0.2, 0.25) is 0 Å². The van der Waals surface area contributed by atoms with Crippen LogP contribution in [0.1, 0.15) is 21.9 Å². The Morgan fingerprint density at radius 1 is 1.00 bits per heavy atom. The second-order valence-corrected chi connectivity index (χ2v) is 10.5. The summed E-state index contributed by atoms with van der Waals surface area (Å²) in [5, 5.41) is 2.28. The van der Waals surface area contributed by atoms with Crippen molar-refractivity contribution in [3.63, 3.8) is 0 Å². The number of hydrogen-bond donors (Lipinski definition) is 2. The standard InChI is InChI=1S/C24H20N4O5S2/c1-12-7-9-14(10-8-12)26-15(29)11-27-22-19(35-24(27)33)16(13-5-3-2-4-6-13)17-18(34-22)21(31)28(20(17)30)23(25)32/h2-10,16-18H,11H2,1H3,(H2,25,32)(H,26,29)/t16-,17+,18-/m0/s1. The van der Waals surface area contributed by atoms with Gasteiger partial charge in [0.2, 0.25) is 11.8 Å². The molecule has 0 saturated carbocycles. The van der Waals surface area contributed by atoms with Gasteiger partial charge in [-0.3, -0.25) is 23.7 Å². The Morgan fingerprint density at radius 3 is 2.34 bits per heavy atom. The van der Waals surface area contributed by atoms with Crippen molar-refractivity contribution in [1.29, 1.82) is 0 Å². The molecule has 3 N–H and O–H groups in total. The third-order valence-corrected chi connectivity index (χ3v) is 8.67. The normalized spacial score (nSPS) is 20.9. The number of hydrogen-bond acceptors (Lipinski definition) is 7. The van der Waals surface area contributed by atoms with Crippen LogP contribution in [-0.4, -0.2) is 38.5 Å². The van der Waals surface area contributed by atoms with E-state index in [-0.39, 0.29) is 11.4 Å². The van der Waals surface area contributed by atoms with Crippen molar-refractivity contribution >= 4 is 52.5 Å². The second-order valence-electron chi connectivity index (χ2n) is 8.34. The number of aryl methyl sites for hydroxylation is 1. The van der Waals surface area contributed by atoms with E-state index in [4.69, 9.17) is 5.73 Å². The Balaban J connectivity index is 1.55. The van der Waals surface area contributed by atoms with Crippen molar-refractivity contribution in [2.24, 2.45) is 11.7 Å². The largest absolute Gasteiger partial charge is 0.351 e. The van der Waals surface area contributed by atoms with Crippen LogP contribution in [-0.2, 0) is 20.9 Å². The monoisotopic (exact) mass is 508 g/mol. The molecule has 2 aliphatic heterocycles. The van der Waals surface area contributed by atoms with Gasteiger partial charge in [0.15, 0.2) is 0 Å². The van der Waals surface area contributed by atoms with Gasteiger partial charge in [-0.1, -0.05) is 71.1 Å². The van der Waals surface area contributed by atoms with E-state index < -0.39 is 40.8 Å². The van der Waals surface area contributed by atoms with E-state index in [1.807, 2.05) is 37.3 Å². The number of thiazole rings is 1. The number of thioether (sulfide) groups is 1. The topological polar surface area (TPSA) is 132 Å². The highest BCUT2D eigenvalue weighted by Gasteiger charge is 2.57. The van der Waals surface area contributed by atoms with E-state index in [9.17, 15) is 24.0 Å². The molecule has 3 aromatic rings. The Kier molecular flexibility index (Phi) is 5.81. The number of primary amides is 1. The Hall–Kier alpha value is -3.70. The van der Waals surface area contributed by atoms with Crippen LogP contribution in [0.25, 0.3) is 0 Å². The number of anilines is 1. The van der Waals surface area contributed by atoms with Gasteiger partial charge >= 0.3 is 10.9 Å². The fourth-order valence-electron chi connectivity index (χ4n) is 4.47. The number of carbonyl (C=O) groups is 4. The average Bonchev–Trinajstić information content (AvgIpc) is 3.27. The number of likely N-dealkylation sites (tertiary alicyclic amines) is 1. The van der Waals surface area contributed by atoms with Gasteiger partial charge in [0, 0.05) is 16.5 Å². The molecule has 0 unspecified atom stereocenters. The maximum atomic E-state index is 13.1. The molecule has 0 radical (unpaired) electrons. The minimum absolute atomic E-state index is 0.258. The Labute approximate surface area is 207 Å². The summed E-state index contributed by atoms with van der Waals surface area (Å²) >= 11 is 1.97. The summed E-state index contributed by atoms with van der Waals surface area (Å²) in [5.41, 5.74) is 7.71. The number of carbonyl (C=O) groups excluding carboxylic acids is 4. The van der Waals surface area contributed by atoms with Crippen LogP contribution < -0.4 is 15.9 Å². The molecule has 1 fully saturated rings. The SMILES string of the molecule is Cc1ccc(NC(=O)Cn2c3c(sc2=O)[C@@H](c2ccccc2)[C@H]2C(=O)N(C(N)=O)C(=O)[C@H]2S3)cc1. The van der Waals surface area contributed by atoms with Gasteiger partial charge in [0.1, 0.15) is 11.8 Å². The van der Waals surface area contributed by atoms with E-state index >= 15 is 0 Å². The lowest BCUT2D eigenvalue weighted by Gasteiger charge is -2.30. The van der Waals surface area contributed by atoms with Crippen LogP contribution in [0.5, 0.6) is 0 Å². The highest BCUT2D eigenvalue weighted by atomic mass is 32.2. The number of amides is 5. The summed E-state index contributed by atoms with van der Waals surface area (Å²) in [6, 6.07) is 15.2. The van der Waals surface area contributed by atoms with Gasteiger partial charge in [-0.15, -0.1) is 0 Å². The van der Waals surface area contributed by atoms with Gasteiger partial charge in [-0.2, -0.15) is 4.90 Å². The van der Waals surface area contributed by atoms with Gasteiger partial charge in [0.25, 0.3) is 5.91 Å². The molecule has 0 bridgehead atoms. The third kappa shape index (κ3) is 3.96. The molecule has 0 aliphatic carbocycles. The van der Waals surface area contributed by atoms with E-state index in [1.165, 1.54) is 4.57 Å². The zero-order chi connectivity index (χ0) is 24.9. The first-order chi connectivity index (χ1) is 16.8. The van der Waals surface area contributed by atoms with Crippen molar-refractivity contribution in [1.82, 2.24) is 9.47 Å². The molecule has 2 aromatic carbocycles. The number of nitrogens with one attached hydrogen (secondary N) is 1. The van der Waals surface area contributed by atoms with E-state index in [0.29, 0.717) is 20.5 Å². The minimum atomic E-state index is -1.12. The molecule has 178 valence electrons. The molecule has 5 rings (SSSR count). The first-order valence-corrected chi connectivity index (χ1v) is 12.4. The van der Waals surface area contributed by atoms with Gasteiger partial charge in [-0.25, -0.2) is 4.79 Å². The molecule has 5 amide bonds. The molecule has 3 atom stereocenters. The third-order valence-electron chi connectivity index (χ3n) is 6.07. The fraction of sp³-hybridized carbons (Fsp3) is 0.208. The molecular formula is C24H20N4O5S2. The molecule has 0 spiro atoms. The predicted molar refractivity (Wildman–Crippen MR) is 131 cm³/mol. The molecule has 1 aromatic heterocycles. The Morgan fingerprint density at radius 2 is 1.69 bits per heavy atom. The summed E-state index contributed by atoms with van der Waals surface area (Å²) in [5.74, 6) is -3.30. The van der Waals surface area contributed by atoms with Crippen LogP contribution >= 0.6 is 23.1 Å². The highest BCUT2D eigenvalue weighted by molar-refractivity contribution is 8.00. The first-order valence-electron chi connectivity index (χ1n) is 10.7. The number of aromatic nitrogens is 1. The number of urea groups is 1. The minimum Gasteiger partial charge on any atom is -0.351 e. The smallest absolute Gasteiger partial charge is 0.328 e. The molecular weight excluding hydrogens is 488 g/mol. The van der Waals surface area contributed by atoms with Gasteiger partial charge < -0.3 is 11.1 Å². The van der Waals surface area contributed by atoms with Crippen molar-refractivity contribution in [2.45, 2.75) is 29.7 Å². The predicted octanol–water partition coefficient (Wildman–Crippen LogP) is 2.53. The number of nitrogens with two attached hydrogens (primary N) is 1. The molecule has 9 nitrogen and oxygen atoms in total. The lowest BCUT2D eigenvalue weighted by molar-refractivity contribution is -0.135. The number of benzene rings is 2. The summed E-state index contributed by atoms with van der Waals surface area (Å²) in [6.07, 6.45) is 0. The highest BCUT2D eigenvalue weighted by Crippen LogP contribution is 2.53. The van der Waals surface area contributed by atoms with E-state index in [1.54, 1.807) is 24.3 Å². The van der Waals surface area contributed by atoms with Crippen LogP contribution in [0.3, 0.4) is 0 Å². The zero-order valence-corrected chi connectivity index (χ0v) is 20.1. The first kappa shape index (κ1) is 23.1. The molecule has 11 heteroatoms. The van der Waals surface area contributed by atoms with E-state index in [0.717, 1.165) is 34.2 Å². The molecule has 35 heavy (non-hydrogen) atoms. The maximum Gasteiger partial charge on any atom is 0.328 e. The zero-order valence-electron chi connectivity index (χ0n) is 18.5. The second kappa shape index (κ2) is 8.82. The number of rotatable bonds is 4. The quantitative estimate of drug-likeness (QED) is 0.521. The summed E-state index contributed by atoms with van der Waals surface area (Å²) < 4.78 is 1.32. The molecule has 3 heterocycles. The van der Waals surface area contributed by atoms with Gasteiger partial charge in [0.05, 0.1) is 10.9 Å². The van der Waals surface area contributed by atoms with Crippen LogP contribution in [0, 0.1) is 12.8 Å². The van der Waals surface area contributed by atoms with Crippen molar-refractivity contribution < 1.29 is 19.2 Å².